The molecule has 2 heterocycles. The van der Waals surface area contributed by atoms with Crippen LogP contribution in [0.2, 0.25) is 0 Å². The van der Waals surface area contributed by atoms with Crippen LogP contribution in [0.25, 0.3) is 0 Å². The molecule has 0 spiro atoms. The lowest BCUT2D eigenvalue weighted by Gasteiger charge is -2.37. The van der Waals surface area contributed by atoms with Gasteiger partial charge in [-0.25, -0.2) is 12.7 Å². The number of hydrogen-bond donors (Lipinski definition) is 1. The molecule has 0 radical (unpaired) electrons. The fourth-order valence-electron chi connectivity index (χ4n) is 3.23. The van der Waals surface area contributed by atoms with E-state index in [1.165, 1.54) is 0 Å². The van der Waals surface area contributed by atoms with Gasteiger partial charge in [0.05, 0.1) is 5.75 Å². The van der Waals surface area contributed by atoms with Crippen LogP contribution in [0.4, 0.5) is 0 Å². The molecule has 2 fully saturated rings. The van der Waals surface area contributed by atoms with Crippen LogP contribution in [-0.4, -0.2) is 68.0 Å². The quantitative estimate of drug-likeness (QED) is 0.803. The van der Waals surface area contributed by atoms with Gasteiger partial charge in [0.1, 0.15) is 0 Å². The van der Waals surface area contributed by atoms with E-state index in [0.29, 0.717) is 38.4 Å². The summed E-state index contributed by atoms with van der Waals surface area (Å²) in [6, 6.07) is 0.340. The predicted molar refractivity (Wildman–Crippen MR) is 87.0 cm³/mol. The number of piperidine rings is 1. The number of carbonyl (C=O) groups excluding carboxylic acids is 1. The van der Waals surface area contributed by atoms with Crippen molar-refractivity contribution in [3.63, 3.8) is 0 Å². The molecule has 2 aliphatic heterocycles. The molecule has 0 aromatic rings. The number of carbonyl (C=O) groups is 1. The summed E-state index contributed by atoms with van der Waals surface area (Å²) in [4.78, 5) is 14.5. The van der Waals surface area contributed by atoms with Crippen LogP contribution < -0.4 is 5.32 Å². The minimum absolute atomic E-state index is 0.0112. The molecule has 1 unspecified atom stereocenters. The van der Waals surface area contributed by atoms with Crippen molar-refractivity contribution in [2.45, 2.75) is 45.6 Å². The van der Waals surface area contributed by atoms with E-state index in [4.69, 9.17) is 0 Å². The Hall–Kier alpha value is -0.660. The van der Waals surface area contributed by atoms with Gasteiger partial charge < -0.3 is 10.2 Å². The first-order valence-electron chi connectivity index (χ1n) is 8.44. The van der Waals surface area contributed by atoms with Crippen LogP contribution >= 0.6 is 0 Å². The topological polar surface area (TPSA) is 69.7 Å². The molecule has 22 heavy (non-hydrogen) atoms. The van der Waals surface area contributed by atoms with Crippen LogP contribution in [0.1, 0.15) is 39.5 Å². The average Bonchev–Trinajstić information content (AvgIpc) is 2.52. The molecule has 128 valence electrons. The van der Waals surface area contributed by atoms with Crippen molar-refractivity contribution in [3.8, 4) is 0 Å². The minimum atomic E-state index is -3.13. The summed E-state index contributed by atoms with van der Waals surface area (Å²) < 4.78 is 26.0. The summed E-state index contributed by atoms with van der Waals surface area (Å²) in [6.45, 7) is 7.43. The van der Waals surface area contributed by atoms with Gasteiger partial charge in [-0.05, 0) is 26.2 Å². The lowest BCUT2D eigenvalue weighted by atomic mass is 9.96. The van der Waals surface area contributed by atoms with E-state index in [9.17, 15) is 13.2 Å². The Bertz CT molecular complexity index is 472. The Morgan fingerprint density at radius 3 is 2.50 bits per heavy atom. The summed E-state index contributed by atoms with van der Waals surface area (Å²) >= 11 is 0. The van der Waals surface area contributed by atoms with E-state index in [-0.39, 0.29) is 17.6 Å². The number of nitrogens with one attached hydrogen (secondary N) is 1. The number of sulfonamides is 1. The van der Waals surface area contributed by atoms with Crippen molar-refractivity contribution in [1.82, 2.24) is 14.5 Å². The summed E-state index contributed by atoms with van der Waals surface area (Å²) in [7, 11) is -3.13. The van der Waals surface area contributed by atoms with E-state index in [2.05, 4.69) is 12.2 Å². The van der Waals surface area contributed by atoms with Gasteiger partial charge in [-0.15, -0.1) is 0 Å². The van der Waals surface area contributed by atoms with Gasteiger partial charge in [0, 0.05) is 44.7 Å². The maximum atomic E-state index is 12.6. The van der Waals surface area contributed by atoms with Gasteiger partial charge in [-0.1, -0.05) is 13.3 Å². The molecule has 1 atom stereocenters. The van der Waals surface area contributed by atoms with Crippen LogP contribution in [0.5, 0.6) is 0 Å². The highest BCUT2D eigenvalue weighted by Crippen LogP contribution is 2.22. The van der Waals surface area contributed by atoms with Gasteiger partial charge in [0.15, 0.2) is 0 Å². The van der Waals surface area contributed by atoms with Crippen molar-refractivity contribution in [3.05, 3.63) is 0 Å². The second kappa shape index (κ2) is 7.75. The van der Waals surface area contributed by atoms with E-state index in [0.717, 1.165) is 26.1 Å². The molecule has 0 aromatic carbocycles. The molecule has 2 saturated heterocycles. The highest BCUT2D eigenvalue weighted by atomic mass is 32.2. The van der Waals surface area contributed by atoms with Gasteiger partial charge in [-0.2, -0.15) is 0 Å². The summed E-state index contributed by atoms with van der Waals surface area (Å²) in [5.74, 6) is 0.430. The van der Waals surface area contributed by atoms with Crippen LogP contribution in [0.3, 0.4) is 0 Å². The molecule has 0 saturated carbocycles. The SMILES string of the molecule is CCCCS(=O)(=O)N1CCC(C(=O)N2CCNC(C)C2)CC1. The molecule has 2 rings (SSSR count). The normalized spacial score (nSPS) is 25.4. The minimum Gasteiger partial charge on any atom is -0.340 e. The van der Waals surface area contributed by atoms with Gasteiger partial charge in [-0.3, -0.25) is 4.79 Å². The third-order valence-electron chi connectivity index (χ3n) is 4.63. The fraction of sp³-hybridized carbons (Fsp3) is 0.933. The van der Waals surface area contributed by atoms with Crippen LogP contribution in [0, 0.1) is 5.92 Å². The van der Waals surface area contributed by atoms with Gasteiger partial charge in [0.25, 0.3) is 0 Å². The number of amides is 1. The zero-order valence-electron chi connectivity index (χ0n) is 13.8. The third-order valence-corrected chi connectivity index (χ3v) is 6.59. The van der Waals surface area contributed by atoms with Crippen molar-refractivity contribution >= 4 is 15.9 Å². The molecule has 0 bridgehead atoms. The summed E-state index contributed by atoms with van der Waals surface area (Å²) in [5, 5.41) is 3.33. The largest absolute Gasteiger partial charge is 0.340 e. The second-order valence-electron chi connectivity index (χ2n) is 6.48. The maximum Gasteiger partial charge on any atom is 0.225 e. The van der Waals surface area contributed by atoms with E-state index < -0.39 is 10.0 Å². The van der Waals surface area contributed by atoms with Gasteiger partial charge in [0.2, 0.25) is 15.9 Å². The molecule has 0 aliphatic carbocycles. The molecular weight excluding hydrogens is 302 g/mol. The van der Waals surface area contributed by atoms with Crippen LogP contribution in [0.15, 0.2) is 0 Å². The molecule has 0 aromatic heterocycles. The number of nitrogens with zero attached hydrogens (tertiary/aromatic N) is 2. The Kier molecular flexibility index (Phi) is 6.23. The number of piperazine rings is 1. The van der Waals surface area contributed by atoms with Gasteiger partial charge >= 0.3 is 0 Å². The lowest BCUT2D eigenvalue weighted by Crippen LogP contribution is -2.54. The molecule has 1 N–H and O–H groups in total. The standard InChI is InChI=1S/C15H29N3O3S/c1-3-4-11-22(20,21)18-8-5-14(6-9-18)15(19)17-10-7-16-13(2)12-17/h13-14,16H,3-12H2,1-2H3. The fourth-order valence-corrected chi connectivity index (χ4v) is 4.91. The van der Waals surface area contributed by atoms with Crippen LogP contribution in [-0.2, 0) is 14.8 Å². The Labute approximate surface area is 134 Å². The number of unbranched alkanes of at least 4 members (excludes halogenated alkanes) is 1. The van der Waals surface area contributed by atoms with Crippen molar-refractivity contribution in [2.24, 2.45) is 5.92 Å². The third kappa shape index (κ3) is 4.43. The predicted octanol–water partition coefficient (Wildman–Crippen LogP) is 0.649. The molecular formula is C15H29N3O3S. The summed E-state index contributed by atoms with van der Waals surface area (Å²) in [6.07, 6.45) is 2.90. The van der Waals surface area contributed by atoms with E-state index in [1.807, 2.05) is 11.8 Å². The first kappa shape index (κ1) is 17.7. The lowest BCUT2D eigenvalue weighted by molar-refractivity contribution is -0.137. The smallest absolute Gasteiger partial charge is 0.225 e. The first-order chi connectivity index (χ1) is 10.4. The average molecular weight is 331 g/mol. The van der Waals surface area contributed by atoms with E-state index in [1.54, 1.807) is 4.31 Å². The highest BCUT2D eigenvalue weighted by Gasteiger charge is 2.33. The molecule has 2 aliphatic rings. The summed E-state index contributed by atoms with van der Waals surface area (Å²) in [5.41, 5.74) is 0. The Morgan fingerprint density at radius 2 is 1.91 bits per heavy atom. The highest BCUT2D eigenvalue weighted by molar-refractivity contribution is 7.89. The van der Waals surface area contributed by atoms with Crippen molar-refractivity contribution < 1.29 is 13.2 Å². The Balaban J connectivity index is 1.85. The second-order valence-corrected chi connectivity index (χ2v) is 8.57. The van der Waals surface area contributed by atoms with E-state index >= 15 is 0 Å². The number of rotatable bonds is 5. The molecule has 6 nitrogen and oxygen atoms in total. The van der Waals surface area contributed by atoms with Crippen molar-refractivity contribution in [2.75, 3.05) is 38.5 Å². The zero-order valence-corrected chi connectivity index (χ0v) is 14.6. The monoisotopic (exact) mass is 331 g/mol. The molecule has 7 heteroatoms. The first-order valence-corrected chi connectivity index (χ1v) is 10.0. The Morgan fingerprint density at radius 1 is 1.23 bits per heavy atom. The molecule has 1 amide bonds. The zero-order chi connectivity index (χ0) is 16.2. The number of hydrogen-bond acceptors (Lipinski definition) is 4. The maximum absolute atomic E-state index is 12.6. The van der Waals surface area contributed by atoms with Crippen molar-refractivity contribution in [1.29, 1.82) is 0 Å².